The standard InChI is InChI=1S/C14H15NO4S/c1-15(9-8-14(16)17)20(18,19)13-7-6-11-4-2-3-5-12(11)10-13/h2-7,10H,8-9H2,1H3,(H,16,17). The summed E-state index contributed by atoms with van der Waals surface area (Å²) >= 11 is 0. The summed E-state index contributed by atoms with van der Waals surface area (Å²) < 4.78 is 25.7. The molecule has 5 nitrogen and oxygen atoms in total. The van der Waals surface area contributed by atoms with Crippen LogP contribution in [0.15, 0.2) is 47.4 Å². The van der Waals surface area contributed by atoms with Crippen LogP contribution in [0.25, 0.3) is 10.8 Å². The van der Waals surface area contributed by atoms with E-state index >= 15 is 0 Å². The van der Waals surface area contributed by atoms with Crippen molar-refractivity contribution < 1.29 is 18.3 Å². The predicted molar refractivity (Wildman–Crippen MR) is 76.0 cm³/mol. The molecule has 1 N–H and O–H groups in total. The summed E-state index contributed by atoms with van der Waals surface area (Å²) in [6.07, 6.45) is -0.219. The third-order valence-electron chi connectivity index (χ3n) is 3.07. The van der Waals surface area contributed by atoms with Crippen LogP contribution < -0.4 is 0 Å². The highest BCUT2D eigenvalue weighted by Gasteiger charge is 2.21. The highest BCUT2D eigenvalue weighted by Crippen LogP contribution is 2.21. The minimum atomic E-state index is -3.66. The van der Waals surface area contributed by atoms with Gasteiger partial charge in [-0.1, -0.05) is 30.3 Å². The number of rotatable bonds is 5. The highest BCUT2D eigenvalue weighted by atomic mass is 32.2. The summed E-state index contributed by atoms with van der Waals surface area (Å²) in [5.41, 5.74) is 0. The van der Waals surface area contributed by atoms with E-state index < -0.39 is 16.0 Å². The van der Waals surface area contributed by atoms with Crippen LogP contribution in [0.5, 0.6) is 0 Å². The van der Waals surface area contributed by atoms with Gasteiger partial charge in [-0.2, -0.15) is 0 Å². The molecule has 0 fully saturated rings. The Bertz CT molecular complexity index is 740. The van der Waals surface area contributed by atoms with E-state index in [1.165, 1.54) is 13.1 Å². The maximum absolute atomic E-state index is 12.3. The van der Waals surface area contributed by atoms with E-state index in [1.807, 2.05) is 24.3 Å². The maximum Gasteiger partial charge on any atom is 0.304 e. The molecule has 20 heavy (non-hydrogen) atoms. The lowest BCUT2D eigenvalue weighted by Gasteiger charge is -2.16. The molecule has 0 unspecified atom stereocenters. The fraction of sp³-hybridized carbons (Fsp3) is 0.214. The van der Waals surface area contributed by atoms with Crippen molar-refractivity contribution in [1.82, 2.24) is 4.31 Å². The van der Waals surface area contributed by atoms with Crippen molar-refractivity contribution in [2.24, 2.45) is 0 Å². The number of carboxylic acid groups (broad SMARTS) is 1. The molecular formula is C14H15NO4S. The van der Waals surface area contributed by atoms with Crippen LogP contribution in [0.2, 0.25) is 0 Å². The lowest BCUT2D eigenvalue weighted by Crippen LogP contribution is -2.29. The molecule has 0 aliphatic carbocycles. The molecule has 6 heteroatoms. The number of aliphatic carboxylic acids is 1. The number of sulfonamides is 1. The molecule has 0 atom stereocenters. The first kappa shape index (κ1) is 14.5. The van der Waals surface area contributed by atoms with Crippen LogP contribution in [-0.4, -0.2) is 37.4 Å². The number of hydrogen-bond acceptors (Lipinski definition) is 3. The number of hydrogen-bond donors (Lipinski definition) is 1. The number of nitrogens with zero attached hydrogens (tertiary/aromatic N) is 1. The number of benzene rings is 2. The van der Waals surface area contributed by atoms with Crippen LogP contribution in [0.3, 0.4) is 0 Å². The van der Waals surface area contributed by atoms with Gasteiger partial charge in [0.25, 0.3) is 0 Å². The van der Waals surface area contributed by atoms with Gasteiger partial charge < -0.3 is 5.11 Å². The van der Waals surface area contributed by atoms with Gasteiger partial charge in [0.2, 0.25) is 10.0 Å². The second-order valence-electron chi connectivity index (χ2n) is 4.48. The molecule has 0 aliphatic rings. The molecule has 0 saturated heterocycles. The highest BCUT2D eigenvalue weighted by molar-refractivity contribution is 7.89. The minimum absolute atomic E-state index is 0.0511. The van der Waals surface area contributed by atoms with E-state index in [0.29, 0.717) is 0 Å². The van der Waals surface area contributed by atoms with Gasteiger partial charge in [0.15, 0.2) is 0 Å². The molecule has 2 aromatic rings. The molecule has 0 saturated carbocycles. The summed E-state index contributed by atoms with van der Waals surface area (Å²) in [7, 11) is -2.27. The molecule has 2 rings (SSSR count). The smallest absolute Gasteiger partial charge is 0.304 e. The van der Waals surface area contributed by atoms with Gasteiger partial charge in [0.1, 0.15) is 0 Å². The molecule has 0 spiro atoms. The van der Waals surface area contributed by atoms with Crippen molar-refractivity contribution >= 4 is 26.8 Å². The van der Waals surface area contributed by atoms with Gasteiger partial charge >= 0.3 is 5.97 Å². The second-order valence-corrected chi connectivity index (χ2v) is 6.52. The van der Waals surface area contributed by atoms with E-state index in [0.717, 1.165) is 15.1 Å². The van der Waals surface area contributed by atoms with E-state index in [2.05, 4.69) is 0 Å². The summed E-state index contributed by atoms with van der Waals surface area (Å²) in [6, 6.07) is 12.3. The van der Waals surface area contributed by atoms with E-state index in [9.17, 15) is 13.2 Å². The average Bonchev–Trinajstić information content (AvgIpc) is 2.44. The summed E-state index contributed by atoms with van der Waals surface area (Å²) in [5.74, 6) is -1.02. The van der Waals surface area contributed by atoms with Gasteiger partial charge in [0.05, 0.1) is 11.3 Å². The molecular weight excluding hydrogens is 278 g/mol. The first-order valence-corrected chi connectivity index (χ1v) is 7.52. The SMILES string of the molecule is CN(CCC(=O)O)S(=O)(=O)c1ccc2ccccc2c1. The lowest BCUT2D eigenvalue weighted by molar-refractivity contribution is -0.137. The van der Waals surface area contributed by atoms with Gasteiger partial charge in [-0.05, 0) is 22.9 Å². The number of carbonyl (C=O) groups is 1. The predicted octanol–water partition coefficient (Wildman–Crippen LogP) is 1.93. The summed E-state index contributed by atoms with van der Waals surface area (Å²) in [5, 5.41) is 10.4. The Kier molecular flexibility index (Phi) is 4.06. The molecule has 106 valence electrons. The third-order valence-corrected chi connectivity index (χ3v) is 4.92. The third kappa shape index (κ3) is 2.97. The zero-order valence-corrected chi connectivity index (χ0v) is 11.8. The monoisotopic (exact) mass is 293 g/mol. The van der Waals surface area contributed by atoms with Gasteiger partial charge in [-0.3, -0.25) is 4.79 Å². The fourth-order valence-corrected chi connectivity index (χ4v) is 3.09. The quantitative estimate of drug-likeness (QED) is 0.914. The van der Waals surface area contributed by atoms with Crippen molar-refractivity contribution in [3.05, 3.63) is 42.5 Å². The molecule has 0 heterocycles. The summed E-state index contributed by atoms with van der Waals surface area (Å²) in [6.45, 7) is -0.0511. The van der Waals surface area contributed by atoms with Crippen molar-refractivity contribution in [2.45, 2.75) is 11.3 Å². The molecule has 0 aromatic heterocycles. The Balaban J connectivity index is 2.33. The van der Waals surface area contributed by atoms with Crippen LogP contribution >= 0.6 is 0 Å². The first-order valence-electron chi connectivity index (χ1n) is 6.08. The van der Waals surface area contributed by atoms with Crippen LogP contribution in [-0.2, 0) is 14.8 Å². The second kappa shape index (κ2) is 5.60. The van der Waals surface area contributed by atoms with E-state index in [4.69, 9.17) is 5.11 Å². The Hall–Kier alpha value is -1.92. The van der Waals surface area contributed by atoms with Crippen molar-refractivity contribution in [3.63, 3.8) is 0 Å². The Morgan fingerprint density at radius 2 is 1.80 bits per heavy atom. The van der Waals surface area contributed by atoms with Crippen LogP contribution in [0, 0.1) is 0 Å². The van der Waals surface area contributed by atoms with Crippen LogP contribution in [0.1, 0.15) is 6.42 Å². The van der Waals surface area contributed by atoms with Gasteiger partial charge in [0, 0.05) is 13.6 Å². The Labute approximate surface area is 117 Å². The minimum Gasteiger partial charge on any atom is -0.481 e. The largest absolute Gasteiger partial charge is 0.481 e. The maximum atomic E-state index is 12.3. The van der Waals surface area contributed by atoms with Crippen molar-refractivity contribution in [3.8, 4) is 0 Å². The zero-order chi connectivity index (χ0) is 14.8. The van der Waals surface area contributed by atoms with E-state index in [-0.39, 0.29) is 17.9 Å². The summed E-state index contributed by atoms with van der Waals surface area (Å²) in [4.78, 5) is 10.7. The van der Waals surface area contributed by atoms with Gasteiger partial charge in [-0.15, -0.1) is 0 Å². The molecule has 0 amide bonds. The molecule has 2 aromatic carbocycles. The normalized spacial score (nSPS) is 11.9. The molecule has 0 radical (unpaired) electrons. The molecule has 0 bridgehead atoms. The fourth-order valence-electron chi connectivity index (χ4n) is 1.88. The average molecular weight is 293 g/mol. The van der Waals surface area contributed by atoms with Crippen molar-refractivity contribution in [2.75, 3.05) is 13.6 Å². The van der Waals surface area contributed by atoms with Gasteiger partial charge in [-0.25, -0.2) is 12.7 Å². The van der Waals surface area contributed by atoms with Crippen molar-refractivity contribution in [1.29, 1.82) is 0 Å². The topological polar surface area (TPSA) is 74.7 Å². The zero-order valence-electron chi connectivity index (χ0n) is 11.0. The Morgan fingerprint density at radius 1 is 1.15 bits per heavy atom. The Morgan fingerprint density at radius 3 is 2.45 bits per heavy atom. The lowest BCUT2D eigenvalue weighted by atomic mass is 10.1. The molecule has 0 aliphatic heterocycles. The van der Waals surface area contributed by atoms with Crippen LogP contribution in [0.4, 0.5) is 0 Å². The first-order chi connectivity index (χ1) is 9.41. The number of carboxylic acids is 1. The van der Waals surface area contributed by atoms with E-state index in [1.54, 1.807) is 12.1 Å². The number of fused-ring (bicyclic) bond motifs is 1.